The number of carbonyl (C=O) groups is 1. The van der Waals surface area contributed by atoms with Crippen molar-refractivity contribution in [2.24, 2.45) is 5.41 Å². The minimum atomic E-state index is -0.650. The van der Waals surface area contributed by atoms with Gasteiger partial charge in [-0.25, -0.2) is 0 Å². The predicted molar refractivity (Wildman–Crippen MR) is 66.3 cm³/mol. The SMILES string of the molecule is CC(O)CC(C)(C)C(=O)OCc1ccccc1. The van der Waals surface area contributed by atoms with Gasteiger partial charge < -0.3 is 9.84 Å². The zero-order chi connectivity index (χ0) is 12.9. The van der Waals surface area contributed by atoms with Gasteiger partial charge >= 0.3 is 5.97 Å². The monoisotopic (exact) mass is 236 g/mol. The van der Waals surface area contributed by atoms with Crippen molar-refractivity contribution in [3.05, 3.63) is 35.9 Å². The lowest BCUT2D eigenvalue weighted by Gasteiger charge is -2.23. The molecule has 0 aromatic heterocycles. The Labute approximate surface area is 102 Å². The summed E-state index contributed by atoms with van der Waals surface area (Å²) in [6, 6.07) is 9.56. The van der Waals surface area contributed by atoms with Gasteiger partial charge in [0.2, 0.25) is 0 Å². The minimum Gasteiger partial charge on any atom is -0.460 e. The van der Waals surface area contributed by atoms with Gasteiger partial charge in [-0.15, -0.1) is 0 Å². The average molecular weight is 236 g/mol. The second-order valence-corrected chi connectivity index (χ2v) is 5.00. The highest BCUT2D eigenvalue weighted by atomic mass is 16.5. The quantitative estimate of drug-likeness (QED) is 0.799. The molecule has 0 heterocycles. The van der Waals surface area contributed by atoms with Crippen molar-refractivity contribution in [2.45, 2.75) is 39.9 Å². The molecule has 1 atom stereocenters. The van der Waals surface area contributed by atoms with Crippen LogP contribution in [0.4, 0.5) is 0 Å². The van der Waals surface area contributed by atoms with Gasteiger partial charge in [0.05, 0.1) is 11.5 Å². The summed E-state index contributed by atoms with van der Waals surface area (Å²) in [7, 11) is 0. The van der Waals surface area contributed by atoms with E-state index in [2.05, 4.69) is 0 Å². The number of hydrogen-bond donors (Lipinski definition) is 1. The molecule has 0 amide bonds. The topological polar surface area (TPSA) is 46.5 Å². The number of aliphatic hydroxyl groups is 1. The third kappa shape index (κ3) is 4.57. The number of carbonyl (C=O) groups excluding carboxylic acids is 1. The second-order valence-electron chi connectivity index (χ2n) is 5.00. The van der Waals surface area contributed by atoms with Crippen LogP contribution in [0.3, 0.4) is 0 Å². The third-order valence-corrected chi connectivity index (χ3v) is 2.57. The zero-order valence-corrected chi connectivity index (χ0v) is 10.6. The number of hydrogen-bond acceptors (Lipinski definition) is 3. The van der Waals surface area contributed by atoms with Gasteiger partial charge in [-0.05, 0) is 32.8 Å². The number of rotatable bonds is 5. The molecule has 0 radical (unpaired) electrons. The van der Waals surface area contributed by atoms with Crippen LogP contribution in [0.25, 0.3) is 0 Å². The first-order valence-corrected chi connectivity index (χ1v) is 5.81. The van der Waals surface area contributed by atoms with E-state index in [0.717, 1.165) is 5.56 Å². The van der Waals surface area contributed by atoms with E-state index in [4.69, 9.17) is 4.74 Å². The standard InChI is InChI=1S/C14H20O3/c1-11(15)9-14(2,3)13(16)17-10-12-7-5-4-6-8-12/h4-8,11,15H,9-10H2,1-3H3. The van der Waals surface area contributed by atoms with Crippen molar-refractivity contribution in [3.63, 3.8) is 0 Å². The van der Waals surface area contributed by atoms with Gasteiger partial charge in [0.25, 0.3) is 0 Å². The summed E-state index contributed by atoms with van der Waals surface area (Å²) in [4.78, 5) is 11.8. The van der Waals surface area contributed by atoms with Crippen LogP contribution >= 0.6 is 0 Å². The van der Waals surface area contributed by atoms with Crippen molar-refractivity contribution in [2.75, 3.05) is 0 Å². The highest BCUT2D eigenvalue weighted by Crippen LogP contribution is 2.24. The van der Waals surface area contributed by atoms with Gasteiger partial charge in [-0.1, -0.05) is 30.3 Å². The maximum atomic E-state index is 11.8. The molecule has 3 heteroatoms. The smallest absolute Gasteiger partial charge is 0.311 e. The molecule has 1 aromatic carbocycles. The van der Waals surface area contributed by atoms with Crippen LogP contribution < -0.4 is 0 Å². The Morgan fingerprint density at radius 2 is 1.94 bits per heavy atom. The van der Waals surface area contributed by atoms with Crippen LogP contribution in [0.5, 0.6) is 0 Å². The van der Waals surface area contributed by atoms with E-state index in [-0.39, 0.29) is 12.6 Å². The molecule has 0 bridgehead atoms. The van der Waals surface area contributed by atoms with Crippen molar-refractivity contribution in [3.8, 4) is 0 Å². The molecule has 0 aliphatic heterocycles. The van der Waals surface area contributed by atoms with Crippen molar-refractivity contribution in [1.29, 1.82) is 0 Å². The molecule has 0 aliphatic carbocycles. The summed E-state index contributed by atoms with van der Waals surface area (Å²) in [5.41, 5.74) is 0.317. The van der Waals surface area contributed by atoms with E-state index in [1.807, 2.05) is 30.3 Å². The molecule has 3 nitrogen and oxygen atoms in total. The van der Waals surface area contributed by atoms with Crippen LogP contribution in [0.2, 0.25) is 0 Å². The van der Waals surface area contributed by atoms with E-state index in [1.165, 1.54) is 0 Å². The fourth-order valence-corrected chi connectivity index (χ4v) is 1.74. The van der Waals surface area contributed by atoms with E-state index in [0.29, 0.717) is 6.42 Å². The Kier molecular flexibility index (Phi) is 4.70. The maximum absolute atomic E-state index is 11.8. The Bertz CT molecular complexity index is 355. The van der Waals surface area contributed by atoms with Crippen LogP contribution in [-0.4, -0.2) is 17.2 Å². The van der Waals surface area contributed by atoms with Gasteiger partial charge in [0.15, 0.2) is 0 Å². The molecular weight excluding hydrogens is 216 g/mol. The molecule has 94 valence electrons. The van der Waals surface area contributed by atoms with Gasteiger partial charge in [0.1, 0.15) is 6.61 Å². The molecule has 0 aliphatic rings. The van der Waals surface area contributed by atoms with Gasteiger partial charge in [-0.3, -0.25) is 4.79 Å². The summed E-state index contributed by atoms with van der Waals surface area (Å²) in [6.45, 7) is 5.52. The summed E-state index contributed by atoms with van der Waals surface area (Å²) >= 11 is 0. The number of benzene rings is 1. The molecule has 17 heavy (non-hydrogen) atoms. The summed E-state index contributed by atoms with van der Waals surface area (Å²) in [5, 5.41) is 9.31. The first-order chi connectivity index (χ1) is 7.92. The molecule has 1 unspecified atom stereocenters. The van der Waals surface area contributed by atoms with Gasteiger partial charge in [0, 0.05) is 0 Å². The summed E-state index contributed by atoms with van der Waals surface area (Å²) in [6.07, 6.45) is -0.102. The first kappa shape index (κ1) is 13.7. The first-order valence-electron chi connectivity index (χ1n) is 5.81. The predicted octanol–water partition coefficient (Wildman–Crippen LogP) is 2.53. The Hall–Kier alpha value is -1.35. The number of ether oxygens (including phenoxy) is 1. The van der Waals surface area contributed by atoms with Crippen LogP contribution in [0, 0.1) is 5.41 Å². The molecule has 1 aromatic rings. The van der Waals surface area contributed by atoms with Gasteiger partial charge in [-0.2, -0.15) is 0 Å². The maximum Gasteiger partial charge on any atom is 0.311 e. The fraction of sp³-hybridized carbons (Fsp3) is 0.500. The largest absolute Gasteiger partial charge is 0.460 e. The molecule has 0 fully saturated rings. The Morgan fingerprint density at radius 3 is 2.47 bits per heavy atom. The normalized spacial score (nSPS) is 13.2. The van der Waals surface area contributed by atoms with E-state index in [1.54, 1.807) is 20.8 Å². The molecule has 0 saturated carbocycles. The zero-order valence-electron chi connectivity index (χ0n) is 10.6. The summed E-state index contributed by atoms with van der Waals surface area (Å²) in [5.74, 6) is -0.276. The van der Waals surface area contributed by atoms with Crippen LogP contribution in [0.1, 0.15) is 32.8 Å². The average Bonchev–Trinajstić information content (AvgIpc) is 2.25. The Balaban J connectivity index is 2.49. The van der Waals surface area contributed by atoms with Crippen LogP contribution in [-0.2, 0) is 16.1 Å². The molecule has 1 rings (SSSR count). The number of aliphatic hydroxyl groups excluding tert-OH is 1. The lowest BCUT2D eigenvalue weighted by atomic mass is 9.87. The molecule has 0 spiro atoms. The van der Waals surface area contributed by atoms with Crippen molar-refractivity contribution in [1.82, 2.24) is 0 Å². The van der Waals surface area contributed by atoms with E-state index >= 15 is 0 Å². The van der Waals surface area contributed by atoms with Crippen molar-refractivity contribution < 1.29 is 14.6 Å². The fourth-order valence-electron chi connectivity index (χ4n) is 1.74. The lowest BCUT2D eigenvalue weighted by Crippen LogP contribution is -2.30. The lowest BCUT2D eigenvalue weighted by molar-refractivity contribution is -0.157. The third-order valence-electron chi connectivity index (χ3n) is 2.57. The van der Waals surface area contributed by atoms with Crippen molar-refractivity contribution >= 4 is 5.97 Å². The van der Waals surface area contributed by atoms with E-state index in [9.17, 15) is 9.90 Å². The Morgan fingerprint density at radius 1 is 1.35 bits per heavy atom. The highest BCUT2D eigenvalue weighted by molar-refractivity contribution is 5.75. The molecular formula is C14H20O3. The molecule has 0 saturated heterocycles. The number of esters is 1. The highest BCUT2D eigenvalue weighted by Gasteiger charge is 2.30. The summed E-state index contributed by atoms with van der Waals surface area (Å²) < 4.78 is 5.24. The second kappa shape index (κ2) is 5.82. The molecule has 1 N–H and O–H groups in total. The van der Waals surface area contributed by atoms with E-state index < -0.39 is 11.5 Å². The minimum absolute atomic E-state index is 0.276. The van der Waals surface area contributed by atoms with Crippen LogP contribution in [0.15, 0.2) is 30.3 Å².